The molecule has 1 fully saturated rings. The van der Waals surface area contributed by atoms with Crippen LogP contribution in [0.5, 0.6) is 0 Å². The summed E-state index contributed by atoms with van der Waals surface area (Å²) >= 11 is 0. The third kappa shape index (κ3) is 2.70. The predicted octanol–water partition coefficient (Wildman–Crippen LogP) is 5.26. The SMILES string of the molecule is CCCC1CCC2(C)c3[nH]c4ccccc4c3CCCN2C1.Cl. The number of hydrogen-bond donors (Lipinski definition) is 1. The second-order valence-electron chi connectivity index (χ2n) is 7.54. The van der Waals surface area contributed by atoms with Gasteiger partial charge in [0.05, 0.1) is 5.54 Å². The minimum atomic E-state index is 0. The van der Waals surface area contributed by atoms with Crippen LogP contribution in [0.25, 0.3) is 10.9 Å². The van der Waals surface area contributed by atoms with Crippen molar-refractivity contribution in [1.82, 2.24) is 9.88 Å². The Kier molecular flexibility index (Phi) is 4.75. The van der Waals surface area contributed by atoms with Gasteiger partial charge in [-0.05, 0) is 63.1 Å². The Morgan fingerprint density at radius 2 is 2.13 bits per heavy atom. The molecule has 3 heterocycles. The number of para-hydroxylation sites is 1. The smallest absolute Gasteiger partial charge is 0.0586 e. The van der Waals surface area contributed by atoms with E-state index in [-0.39, 0.29) is 17.9 Å². The molecular weight excluding hydrogens is 304 g/mol. The zero-order valence-electron chi connectivity index (χ0n) is 14.4. The van der Waals surface area contributed by atoms with Gasteiger partial charge in [-0.3, -0.25) is 4.90 Å². The molecule has 2 aliphatic rings. The Labute approximate surface area is 146 Å². The van der Waals surface area contributed by atoms with Gasteiger partial charge in [0.1, 0.15) is 0 Å². The van der Waals surface area contributed by atoms with E-state index in [4.69, 9.17) is 0 Å². The van der Waals surface area contributed by atoms with E-state index in [2.05, 4.69) is 48.0 Å². The van der Waals surface area contributed by atoms with Crippen LogP contribution < -0.4 is 0 Å². The van der Waals surface area contributed by atoms with E-state index >= 15 is 0 Å². The predicted molar refractivity (Wildman–Crippen MR) is 100 cm³/mol. The number of aromatic amines is 1. The second-order valence-corrected chi connectivity index (χ2v) is 7.54. The molecule has 3 heteroatoms. The standard InChI is InChI=1S/C20H28N2.ClH/c1-3-7-15-11-12-20(2)19-17(9-6-13-22(20)14-15)16-8-4-5-10-18(16)21-19;/h4-5,8,10,15,21H,3,6-7,9,11-14H2,1-2H3;1H. The van der Waals surface area contributed by atoms with Crippen LogP contribution in [0.2, 0.25) is 0 Å². The first-order valence-electron chi connectivity index (χ1n) is 9.07. The van der Waals surface area contributed by atoms with Crippen LogP contribution >= 0.6 is 12.4 Å². The van der Waals surface area contributed by atoms with Gasteiger partial charge < -0.3 is 4.98 Å². The lowest BCUT2D eigenvalue weighted by Crippen LogP contribution is -2.50. The van der Waals surface area contributed by atoms with Crippen molar-refractivity contribution in [3.05, 3.63) is 35.5 Å². The second kappa shape index (κ2) is 6.49. The number of hydrogen-bond acceptors (Lipinski definition) is 1. The molecule has 0 spiro atoms. The average molecular weight is 333 g/mol. The van der Waals surface area contributed by atoms with E-state index in [0.717, 1.165) is 5.92 Å². The molecule has 1 saturated heterocycles. The van der Waals surface area contributed by atoms with Gasteiger partial charge in [0.2, 0.25) is 0 Å². The molecule has 23 heavy (non-hydrogen) atoms. The van der Waals surface area contributed by atoms with Gasteiger partial charge in [0, 0.05) is 23.1 Å². The van der Waals surface area contributed by atoms with Gasteiger partial charge >= 0.3 is 0 Å². The van der Waals surface area contributed by atoms with Gasteiger partial charge in [-0.1, -0.05) is 31.5 Å². The third-order valence-corrected chi connectivity index (χ3v) is 6.12. The maximum absolute atomic E-state index is 3.80. The number of aromatic nitrogens is 1. The molecule has 0 radical (unpaired) electrons. The van der Waals surface area contributed by atoms with Crippen LogP contribution in [-0.4, -0.2) is 23.0 Å². The van der Waals surface area contributed by atoms with Gasteiger partial charge in [0.25, 0.3) is 0 Å². The summed E-state index contributed by atoms with van der Waals surface area (Å²) in [5, 5.41) is 1.45. The molecule has 2 nitrogen and oxygen atoms in total. The molecule has 0 aliphatic carbocycles. The van der Waals surface area contributed by atoms with Crippen LogP contribution in [0.1, 0.15) is 57.2 Å². The normalized spacial score (nSPS) is 27.8. The number of rotatable bonds is 2. The van der Waals surface area contributed by atoms with Crippen molar-refractivity contribution in [2.45, 2.75) is 57.9 Å². The molecule has 2 aromatic rings. The highest BCUT2D eigenvalue weighted by Gasteiger charge is 2.42. The van der Waals surface area contributed by atoms with E-state index in [9.17, 15) is 0 Å². The summed E-state index contributed by atoms with van der Waals surface area (Å²) in [7, 11) is 0. The summed E-state index contributed by atoms with van der Waals surface area (Å²) in [5.74, 6) is 0.906. The molecule has 1 aromatic carbocycles. The topological polar surface area (TPSA) is 19.0 Å². The van der Waals surface area contributed by atoms with Crippen LogP contribution in [-0.2, 0) is 12.0 Å². The van der Waals surface area contributed by atoms with Crippen LogP contribution in [0.15, 0.2) is 24.3 Å². The highest BCUT2D eigenvalue weighted by molar-refractivity contribution is 5.85. The Hall–Kier alpha value is -0.990. The molecule has 1 aromatic heterocycles. The Morgan fingerprint density at radius 3 is 2.96 bits per heavy atom. The van der Waals surface area contributed by atoms with Gasteiger partial charge in [0.15, 0.2) is 0 Å². The fraction of sp³-hybridized carbons (Fsp3) is 0.600. The van der Waals surface area contributed by atoms with Gasteiger partial charge in [-0.2, -0.15) is 0 Å². The van der Waals surface area contributed by atoms with E-state index in [0.29, 0.717) is 0 Å². The number of nitrogens with one attached hydrogen (secondary N) is 1. The van der Waals surface area contributed by atoms with Crippen molar-refractivity contribution in [2.75, 3.05) is 13.1 Å². The zero-order chi connectivity index (χ0) is 15.2. The summed E-state index contributed by atoms with van der Waals surface area (Å²) in [5.41, 5.74) is 4.65. The third-order valence-electron chi connectivity index (χ3n) is 6.12. The van der Waals surface area contributed by atoms with Crippen LogP contribution in [0.4, 0.5) is 0 Å². The first-order valence-corrected chi connectivity index (χ1v) is 9.07. The highest BCUT2D eigenvalue weighted by atomic mass is 35.5. The van der Waals surface area contributed by atoms with E-state index in [1.165, 1.54) is 68.2 Å². The number of piperidine rings is 1. The quantitative estimate of drug-likeness (QED) is 0.794. The maximum atomic E-state index is 3.80. The van der Waals surface area contributed by atoms with Gasteiger partial charge in [-0.15, -0.1) is 12.4 Å². The minimum absolute atomic E-state index is 0. The van der Waals surface area contributed by atoms with Crippen molar-refractivity contribution in [1.29, 1.82) is 0 Å². The molecule has 2 atom stereocenters. The highest BCUT2D eigenvalue weighted by Crippen LogP contribution is 2.44. The monoisotopic (exact) mass is 332 g/mol. The lowest BCUT2D eigenvalue weighted by atomic mass is 9.79. The van der Waals surface area contributed by atoms with Crippen LogP contribution in [0, 0.1) is 5.92 Å². The molecular formula is C20H29ClN2. The summed E-state index contributed by atoms with van der Waals surface area (Å²) in [6, 6.07) is 8.86. The molecule has 4 rings (SSSR count). The molecule has 0 saturated carbocycles. The molecule has 0 amide bonds. The number of H-pyrrole nitrogens is 1. The molecule has 1 N–H and O–H groups in total. The largest absolute Gasteiger partial charge is 0.357 e. The van der Waals surface area contributed by atoms with E-state index < -0.39 is 0 Å². The zero-order valence-corrected chi connectivity index (χ0v) is 15.2. The number of nitrogens with zero attached hydrogens (tertiary/aromatic N) is 1. The van der Waals surface area contributed by atoms with Crippen molar-refractivity contribution < 1.29 is 0 Å². The number of fused-ring (bicyclic) bond motifs is 5. The van der Waals surface area contributed by atoms with E-state index in [1.54, 1.807) is 5.56 Å². The van der Waals surface area contributed by atoms with E-state index in [1.807, 2.05) is 0 Å². The first-order chi connectivity index (χ1) is 10.7. The summed E-state index contributed by atoms with van der Waals surface area (Å²) in [6.07, 6.45) is 7.93. The van der Waals surface area contributed by atoms with Crippen molar-refractivity contribution >= 4 is 23.3 Å². The van der Waals surface area contributed by atoms with Crippen LogP contribution in [0.3, 0.4) is 0 Å². The molecule has 126 valence electrons. The fourth-order valence-electron chi connectivity index (χ4n) is 4.88. The van der Waals surface area contributed by atoms with Crippen molar-refractivity contribution in [3.8, 4) is 0 Å². The van der Waals surface area contributed by atoms with Crippen molar-refractivity contribution in [3.63, 3.8) is 0 Å². The molecule has 0 bridgehead atoms. The molecule has 2 unspecified atom stereocenters. The Morgan fingerprint density at radius 1 is 1.30 bits per heavy atom. The first kappa shape index (κ1) is 16.9. The lowest BCUT2D eigenvalue weighted by molar-refractivity contribution is 0.0268. The number of aryl methyl sites for hydroxylation is 1. The van der Waals surface area contributed by atoms with Crippen molar-refractivity contribution in [2.24, 2.45) is 5.92 Å². The summed E-state index contributed by atoms with van der Waals surface area (Å²) in [4.78, 5) is 6.59. The van der Waals surface area contributed by atoms with Gasteiger partial charge in [-0.25, -0.2) is 0 Å². The summed E-state index contributed by atoms with van der Waals surface area (Å²) in [6.45, 7) is 7.35. The lowest BCUT2D eigenvalue weighted by Gasteiger charge is -2.47. The minimum Gasteiger partial charge on any atom is -0.357 e. The average Bonchev–Trinajstić information content (AvgIpc) is 2.84. The fourth-order valence-corrected chi connectivity index (χ4v) is 4.88. The molecule has 2 aliphatic heterocycles. The number of halogens is 1. The Balaban J connectivity index is 0.00000156. The summed E-state index contributed by atoms with van der Waals surface area (Å²) < 4.78 is 0. The maximum Gasteiger partial charge on any atom is 0.0586 e. The number of benzene rings is 1. The Bertz CT molecular complexity index is 677.